The van der Waals surface area contributed by atoms with E-state index in [1.165, 1.54) is 0 Å². The molecular formula is C16H29N3O2. The summed E-state index contributed by atoms with van der Waals surface area (Å²) < 4.78 is 5.83. The van der Waals surface area contributed by atoms with E-state index in [0.29, 0.717) is 0 Å². The molecule has 0 N–H and O–H groups in total. The van der Waals surface area contributed by atoms with Gasteiger partial charge in [0, 0.05) is 23.8 Å². The van der Waals surface area contributed by atoms with Crippen molar-refractivity contribution in [3.63, 3.8) is 0 Å². The van der Waals surface area contributed by atoms with Crippen molar-refractivity contribution in [3.8, 4) is 0 Å². The molecule has 0 spiro atoms. The Morgan fingerprint density at radius 3 is 2.14 bits per heavy atom. The topological polar surface area (TPSA) is 45.1 Å². The number of hydrazone groups is 1. The van der Waals surface area contributed by atoms with Crippen LogP contribution >= 0.6 is 0 Å². The van der Waals surface area contributed by atoms with E-state index in [-0.39, 0.29) is 28.9 Å². The lowest BCUT2D eigenvalue weighted by Crippen LogP contribution is -2.62. The Kier molecular flexibility index (Phi) is 3.35. The number of amides is 1. The maximum Gasteiger partial charge on any atom is 0.431 e. The first-order chi connectivity index (χ1) is 9.30. The molecule has 0 radical (unpaired) electrons. The lowest BCUT2D eigenvalue weighted by atomic mass is 9.67. The molecule has 2 aliphatic heterocycles. The molecule has 5 heteroatoms. The fraction of sp³-hybridized carbons (Fsp3) is 0.875. The number of hydrogen-bond acceptors (Lipinski definition) is 4. The molecular weight excluding hydrogens is 266 g/mol. The van der Waals surface area contributed by atoms with Crippen LogP contribution in [0.2, 0.25) is 0 Å². The minimum Gasteiger partial charge on any atom is -0.439 e. The van der Waals surface area contributed by atoms with Crippen LogP contribution in [0.1, 0.15) is 55.4 Å². The molecule has 2 unspecified atom stereocenters. The first-order valence-electron chi connectivity index (χ1n) is 7.65. The number of carbonyl (C=O) groups excluding carboxylic acids is 1. The SMILES string of the molecule is CC1C(C(C)(C)C)=NN(C)N2C(=O)O[C@](C)(C(C)(C)C)C12. The van der Waals surface area contributed by atoms with Crippen LogP contribution in [0, 0.1) is 16.7 Å². The van der Waals surface area contributed by atoms with Crippen LogP contribution in [0.15, 0.2) is 5.10 Å². The average Bonchev–Trinajstić information content (AvgIpc) is 2.55. The average molecular weight is 295 g/mol. The summed E-state index contributed by atoms with van der Waals surface area (Å²) in [7, 11) is 1.82. The Morgan fingerprint density at radius 2 is 1.71 bits per heavy atom. The van der Waals surface area contributed by atoms with E-state index in [2.05, 4.69) is 53.6 Å². The van der Waals surface area contributed by atoms with E-state index in [4.69, 9.17) is 4.74 Å². The zero-order chi connectivity index (χ0) is 16.4. The molecule has 2 aliphatic rings. The van der Waals surface area contributed by atoms with Crippen molar-refractivity contribution in [3.05, 3.63) is 0 Å². The summed E-state index contributed by atoms with van der Waals surface area (Å²) in [6.07, 6.45) is -0.302. The standard InChI is InChI=1S/C16H29N3O2/c1-10-11(14(2,3)4)17-18(9)19-12(10)16(8,15(5,6)7)21-13(19)20/h10,12H,1-9H3/t10?,12?,16-/m0/s1. The second-order valence-corrected chi connectivity index (χ2v) is 8.53. The maximum atomic E-state index is 12.4. The molecule has 1 fully saturated rings. The molecule has 0 bridgehead atoms. The van der Waals surface area contributed by atoms with Crippen molar-refractivity contribution in [1.29, 1.82) is 0 Å². The van der Waals surface area contributed by atoms with Crippen LogP contribution < -0.4 is 0 Å². The predicted molar refractivity (Wildman–Crippen MR) is 83.8 cm³/mol. The molecule has 2 rings (SSSR count). The molecule has 120 valence electrons. The summed E-state index contributed by atoms with van der Waals surface area (Å²) in [5.41, 5.74) is 0.367. The number of rotatable bonds is 0. The second-order valence-electron chi connectivity index (χ2n) is 8.53. The Morgan fingerprint density at radius 1 is 1.19 bits per heavy atom. The molecule has 2 heterocycles. The fourth-order valence-electron chi connectivity index (χ4n) is 3.50. The quantitative estimate of drug-likeness (QED) is 0.687. The molecule has 21 heavy (non-hydrogen) atoms. The molecule has 1 saturated heterocycles. The number of hydrogen-bond donors (Lipinski definition) is 0. The van der Waals surface area contributed by atoms with Gasteiger partial charge in [-0.25, -0.2) is 9.91 Å². The van der Waals surface area contributed by atoms with Crippen molar-refractivity contribution in [2.24, 2.45) is 21.8 Å². The number of fused-ring (bicyclic) bond motifs is 1. The number of cyclic esters (lactones) is 1. The second kappa shape index (κ2) is 4.37. The number of nitrogens with zero attached hydrogens (tertiary/aromatic N) is 3. The van der Waals surface area contributed by atoms with E-state index in [0.717, 1.165) is 5.71 Å². The molecule has 0 saturated carbocycles. The Bertz CT molecular complexity index is 487. The van der Waals surface area contributed by atoms with Crippen LogP contribution in [0.4, 0.5) is 4.79 Å². The van der Waals surface area contributed by atoms with Gasteiger partial charge in [0.05, 0.1) is 5.71 Å². The van der Waals surface area contributed by atoms with Crippen LogP contribution in [-0.4, -0.2) is 40.6 Å². The fourth-order valence-corrected chi connectivity index (χ4v) is 3.50. The van der Waals surface area contributed by atoms with Gasteiger partial charge < -0.3 is 4.74 Å². The highest BCUT2D eigenvalue weighted by molar-refractivity contribution is 5.93. The lowest BCUT2D eigenvalue weighted by molar-refractivity contribution is -0.0724. The normalized spacial score (nSPS) is 33.8. The van der Waals surface area contributed by atoms with Crippen molar-refractivity contribution < 1.29 is 9.53 Å². The van der Waals surface area contributed by atoms with Gasteiger partial charge in [0.2, 0.25) is 0 Å². The van der Waals surface area contributed by atoms with Gasteiger partial charge >= 0.3 is 6.09 Å². The van der Waals surface area contributed by atoms with Gasteiger partial charge in [0.1, 0.15) is 11.6 Å². The first kappa shape index (κ1) is 16.1. The molecule has 0 aromatic rings. The van der Waals surface area contributed by atoms with E-state index in [1.807, 2.05) is 14.0 Å². The molecule has 0 aromatic carbocycles. The van der Waals surface area contributed by atoms with Gasteiger partial charge in [-0.15, -0.1) is 0 Å². The van der Waals surface area contributed by atoms with Gasteiger partial charge in [-0.2, -0.15) is 10.1 Å². The van der Waals surface area contributed by atoms with Gasteiger partial charge in [-0.1, -0.05) is 48.5 Å². The highest BCUT2D eigenvalue weighted by Gasteiger charge is 2.62. The summed E-state index contributed by atoms with van der Waals surface area (Å²) in [4.78, 5) is 12.4. The Hall–Kier alpha value is -1.26. The van der Waals surface area contributed by atoms with Gasteiger partial charge in [-0.3, -0.25) is 0 Å². The summed E-state index contributed by atoms with van der Waals surface area (Å²) in [5.74, 6) is 0.150. The first-order valence-corrected chi connectivity index (χ1v) is 7.65. The molecule has 3 atom stereocenters. The Labute approximate surface area is 128 Å². The summed E-state index contributed by atoms with van der Waals surface area (Å²) in [5, 5.41) is 7.98. The molecule has 5 nitrogen and oxygen atoms in total. The van der Waals surface area contributed by atoms with E-state index >= 15 is 0 Å². The third kappa shape index (κ3) is 2.21. The highest BCUT2D eigenvalue weighted by Crippen LogP contribution is 2.49. The number of ether oxygens (including phenoxy) is 1. The summed E-state index contributed by atoms with van der Waals surface area (Å²) >= 11 is 0. The minimum absolute atomic E-state index is 0.0375. The van der Waals surface area contributed by atoms with Crippen molar-refractivity contribution in [2.75, 3.05) is 7.05 Å². The van der Waals surface area contributed by atoms with Gasteiger partial charge in [-0.05, 0) is 6.92 Å². The third-order valence-electron chi connectivity index (χ3n) is 5.04. The van der Waals surface area contributed by atoms with Crippen molar-refractivity contribution in [1.82, 2.24) is 10.1 Å². The lowest BCUT2D eigenvalue weighted by Gasteiger charge is -2.48. The molecule has 0 aliphatic carbocycles. The molecule has 1 amide bonds. The smallest absolute Gasteiger partial charge is 0.431 e. The Balaban J connectivity index is 2.56. The van der Waals surface area contributed by atoms with Gasteiger partial charge in [0.15, 0.2) is 0 Å². The van der Waals surface area contributed by atoms with Gasteiger partial charge in [0.25, 0.3) is 0 Å². The molecule has 0 aromatic heterocycles. The summed E-state index contributed by atoms with van der Waals surface area (Å²) in [6, 6.07) is -0.0401. The van der Waals surface area contributed by atoms with E-state index in [9.17, 15) is 4.79 Å². The van der Waals surface area contributed by atoms with E-state index < -0.39 is 5.60 Å². The maximum absolute atomic E-state index is 12.4. The zero-order valence-electron chi connectivity index (χ0n) is 14.8. The minimum atomic E-state index is -0.551. The van der Waals surface area contributed by atoms with Crippen LogP contribution in [0.3, 0.4) is 0 Å². The van der Waals surface area contributed by atoms with Crippen molar-refractivity contribution >= 4 is 11.8 Å². The summed E-state index contributed by atoms with van der Waals surface area (Å²) in [6.45, 7) is 17.1. The highest BCUT2D eigenvalue weighted by atomic mass is 16.6. The van der Waals surface area contributed by atoms with Crippen LogP contribution in [0.5, 0.6) is 0 Å². The predicted octanol–water partition coefficient (Wildman–Crippen LogP) is 3.51. The van der Waals surface area contributed by atoms with Crippen molar-refractivity contribution in [2.45, 2.75) is 67.0 Å². The number of carbonyl (C=O) groups is 1. The van der Waals surface area contributed by atoms with E-state index in [1.54, 1.807) is 10.1 Å². The third-order valence-corrected chi connectivity index (χ3v) is 5.04. The van der Waals surface area contributed by atoms with Crippen LogP contribution in [0.25, 0.3) is 0 Å². The largest absolute Gasteiger partial charge is 0.439 e. The number of hydrazine groups is 1. The zero-order valence-corrected chi connectivity index (χ0v) is 14.8. The monoisotopic (exact) mass is 295 g/mol. The van der Waals surface area contributed by atoms with Crippen LogP contribution in [-0.2, 0) is 4.74 Å².